The minimum absolute atomic E-state index is 0.0498. The van der Waals surface area contributed by atoms with Crippen LogP contribution in [0.5, 0.6) is 5.75 Å². The quantitative estimate of drug-likeness (QED) is 0.592. The maximum atomic E-state index is 13.5. The number of amides is 1. The second-order valence-electron chi connectivity index (χ2n) is 8.04. The standard InChI is InChI=1S/C26H28N2O2/c1-17-12-14-20(15-13-17)26(29)28-19(3)16-23(21-9-7-8-18(2)25(21)28)27-22-10-5-6-11-24(22)30-4/h5-15,19,23,27H,16H2,1-4H3/t19-,23-/m1/s1. The van der Waals surface area contributed by atoms with E-state index in [0.29, 0.717) is 0 Å². The van der Waals surface area contributed by atoms with Crippen LogP contribution in [-0.4, -0.2) is 19.1 Å². The van der Waals surface area contributed by atoms with Gasteiger partial charge in [0.2, 0.25) is 0 Å². The molecule has 4 rings (SSSR count). The van der Waals surface area contributed by atoms with Crippen molar-refractivity contribution in [3.05, 3.63) is 89.0 Å². The Hall–Kier alpha value is -3.27. The van der Waals surface area contributed by atoms with Gasteiger partial charge in [0.1, 0.15) is 5.75 Å². The summed E-state index contributed by atoms with van der Waals surface area (Å²) in [5.41, 5.74) is 6.08. The van der Waals surface area contributed by atoms with E-state index >= 15 is 0 Å². The van der Waals surface area contributed by atoms with E-state index in [4.69, 9.17) is 4.74 Å². The van der Waals surface area contributed by atoms with E-state index < -0.39 is 0 Å². The summed E-state index contributed by atoms with van der Waals surface area (Å²) in [7, 11) is 1.68. The predicted molar refractivity (Wildman–Crippen MR) is 123 cm³/mol. The van der Waals surface area contributed by atoms with Crippen LogP contribution >= 0.6 is 0 Å². The fraction of sp³-hybridized carbons (Fsp3) is 0.269. The number of methoxy groups -OCH3 is 1. The van der Waals surface area contributed by atoms with Crippen molar-refractivity contribution < 1.29 is 9.53 Å². The smallest absolute Gasteiger partial charge is 0.258 e. The number of para-hydroxylation sites is 3. The molecule has 2 atom stereocenters. The number of anilines is 2. The molecule has 0 aromatic heterocycles. The summed E-state index contributed by atoms with van der Waals surface area (Å²) < 4.78 is 5.53. The third kappa shape index (κ3) is 3.65. The lowest BCUT2D eigenvalue weighted by Crippen LogP contribution is -2.44. The van der Waals surface area contributed by atoms with Gasteiger partial charge in [-0.2, -0.15) is 0 Å². The molecule has 0 bridgehead atoms. The zero-order valence-electron chi connectivity index (χ0n) is 18.0. The fourth-order valence-electron chi connectivity index (χ4n) is 4.31. The van der Waals surface area contributed by atoms with Gasteiger partial charge in [-0.05, 0) is 62.6 Å². The molecule has 4 heteroatoms. The Bertz CT molecular complexity index is 1060. The van der Waals surface area contributed by atoms with Gasteiger partial charge in [0.15, 0.2) is 0 Å². The number of ether oxygens (including phenoxy) is 1. The molecule has 1 amide bonds. The molecule has 0 fully saturated rings. The van der Waals surface area contributed by atoms with Gasteiger partial charge in [0.05, 0.1) is 24.5 Å². The predicted octanol–water partition coefficient (Wildman–Crippen LogP) is 5.90. The average Bonchev–Trinajstić information content (AvgIpc) is 2.75. The molecule has 0 aliphatic carbocycles. The van der Waals surface area contributed by atoms with Gasteiger partial charge in [-0.1, -0.05) is 48.0 Å². The lowest BCUT2D eigenvalue weighted by Gasteiger charge is -2.41. The highest BCUT2D eigenvalue weighted by molar-refractivity contribution is 6.07. The van der Waals surface area contributed by atoms with Crippen LogP contribution in [0.15, 0.2) is 66.7 Å². The average molecular weight is 401 g/mol. The molecule has 0 radical (unpaired) electrons. The maximum Gasteiger partial charge on any atom is 0.258 e. The molecule has 1 N–H and O–H groups in total. The molecule has 0 saturated heterocycles. The monoisotopic (exact) mass is 400 g/mol. The number of hydrogen-bond donors (Lipinski definition) is 1. The van der Waals surface area contributed by atoms with Crippen molar-refractivity contribution in [1.82, 2.24) is 0 Å². The van der Waals surface area contributed by atoms with Crippen LogP contribution in [0.2, 0.25) is 0 Å². The molecule has 30 heavy (non-hydrogen) atoms. The number of carbonyl (C=O) groups excluding carboxylic acids is 1. The topological polar surface area (TPSA) is 41.6 Å². The SMILES string of the molecule is COc1ccccc1N[C@@H]1C[C@@H](C)N(C(=O)c2ccc(C)cc2)c2c(C)cccc21. The molecule has 1 aliphatic heterocycles. The number of fused-ring (bicyclic) bond motifs is 1. The van der Waals surface area contributed by atoms with Crippen molar-refractivity contribution in [2.75, 3.05) is 17.3 Å². The van der Waals surface area contributed by atoms with Gasteiger partial charge >= 0.3 is 0 Å². The summed E-state index contributed by atoms with van der Waals surface area (Å²) >= 11 is 0. The largest absolute Gasteiger partial charge is 0.495 e. The zero-order valence-corrected chi connectivity index (χ0v) is 18.0. The molecule has 3 aromatic rings. The summed E-state index contributed by atoms with van der Waals surface area (Å²) in [6, 6.07) is 22.2. The summed E-state index contributed by atoms with van der Waals surface area (Å²) in [4.78, 5) is 15.5. The minimum atomic E-state index is 0.0498. The fourth-order valence-corrected chi connectivity index (χ4v) is 4.31. The highest BCUT2D eigenvalue weighted by Crippen LogP contribution is 2.42. The number of hydrogen-bond acceptors (Lipinski definition) is 3. The Morgan fingerprint density at radius 3 is 2.47 bits per heavy atom. The zero-order chi connectivity index (χ0) is 21.3. The van der Waals surface area contributed by atoms with Crippen LogP contribution < -0.4 is 15.0 Å². The van der Waals surface area contributed by atoms with Crippen molar-refractivity contribution in [2.24, 2.45) is 0 Å². The van der Waals surface area contributed by atoms with E-state index in [0.717, 1.165) is 45.8 Å². The molecule has 154 valence electrons. The van der Waals surface area contributed by atoms with Crippen molar-refractivity contribution in [1.29, 1.82) is 0 Å². The first-order chi connectivity index (χ1) is 14.5. The van der Waals surface area contributed by atoms with Crippen molar-refractivity contribution in [3.63, 3.8) is 0 Å². The first-order valence-electron chi connectivity index (χ1n) is 10.4. The van der Waals surface area contributed by atoms with Crippen molar-refractivity contribution in [3.8, 4) is 5.75 Å². The highest BCUT2D eigenvalue weighted by Gasteiger charge is 2.35. The molecule has 1 heterocycles. The van der Waals surface area contributed by atoms with E-state index in [2.05, 4.69) is 37.4 Å². The first-order valence-corrected chi connectivity index (χ1v) is 10.4. The Kier molecular flexibility index (Phi) is 5.49. The van der Waals surface area contributed by atoms with Crippen LogP contribution in [0, 0.1) is 13.8 Å². The second kappa shape index (κ2) is 8.23. The number of carbonyl (C=O) groups is 1. The summed E-state index contributed by atoms with van der Waals surface area (Å²) in [5, 5.41) is 3.66. The molecule has 1 aliphatic rings. The number of nitrogens with one attached hydrogen (secondary N) is 1. The Morgan fingerprint density at radius 1 is 1.00 bits per heavy atom. The van der Waals surface area contributed by atoms with E-state index in [-0.39, 0.29) is 18.0 Å². The first kappa shape index (κ1) is 20.0. The van der Waals surface area contributed by atoms with Gasteiger partial charge < -0.3 is 15.0 Å². The van der Waals surface area contributed by atoms with Crippen molar-refractivity contribution >= 4 is 17.3 Å². The molecule has 4 nitrogen and oxygen atoms in total. The van der Waals surface area contributed by atoms with E-state index in [1.165, 1.54) is 0 Å². The lowest BCUT2D eigenvalue weighted by atomic mass is 9.88. The van der Waals surface area contributed by atoms with Crippen LogP contribution in [0.4, 0.5) is 11.4 Å². The minimum Gasteiger partial charge on any atom is -0.495 e. The molecule has 0 unspecified atom stereocenters. The van der Waals surface area contributed by atoms with E-state index in [1.54, 1.807) is 7.11 Å². The number of rotatable bonds is 4. The van der Waals surface area contributed by atoms with Crippen LogP contribution in [-0.2, 0) is 0 Å². The van der Waals surface area contributed by atoms with Crippen LogP contribution in [0.25, 0.3) is 0 Å². The van der Waals surface area contributed by atoms with Gasteiger partial charge in [0, 0.05) is 11.6 Å². The highest BCUT2D eigenvalue weighted by atomic mass is 16.5. The summed E-state index contributed by atoms with van der Waals surface area (Å²) in [6.45, 7) is 6.23. The van der Waals surface area contributed by atoms with E-state index in [1.807, 2.05) is 60.4 Å². The lowest BCUT2D eigenvalue weighted by molar-refractivity contribution is 0.0974. The molecular formula is C26H28N2O2. The molecule has 0 saturated carbocycles. The summed E-state index contributed by atoms with van der Waals surface area (Å²) in [5.74, 6) is 0.867. The Labute approximate surface area is 178 Å². The molecular weight excluding hydrogens is 372 g/mol. The van der Waals surface area contributed by atoms with Gasteiger partial charge in [-0.25, -0.2) is 0 Å². The maximum absolute atomic E-state index is 13.5. The third-order valence-corrected chi connectivity index (χ3v) is 5.86. The third-order valence-electron chi connectivity index (χ3n) is 5.86. The Balaban J connectivity index is 1.74. The molecule has 3 aromatic carbocycles. The number of nitrogens with zero attached hydrogens (tertiary/aromatic N) is 1. The van der Waals surface area contributed by atoms with Gasteiger partial charge in [-0.15, -0.1) is 0 Å². The Morgan fingerprint density at radius 2 is 1.73 bits per heavy atom. The summed E-state index contributed by atoms with van der Waals surface area (Å²) in [6.07, 6.45) is 0.812. The second-order valence-corrected chi connectivity index (χ2v) is 8.04. The van der Waals surface area contributed by atoms with Crippen LogP contribution in [0.3, 0.4) is 0 Å². The van der Waals surface area contributed by atoms with Crippen molar-refractivity contribution in [2.45, 2.75) is 39.3 Å². The van der Waals surface area contributed by atoms with Gasteiger partial charge in [-0.3, -0.25) is 4.79 Å². The van der Waals surface area contributed by atoms with Gasteiger partial charge in [0.25, 0.3) is 5.91 Å². The normalized spacial score (nSPS) is 17.9. The number of benzene rings is 3. The number of aryl methyl sites for hydroxylation is 2. The van der Waals surface area contributed by atoms with E-state index in [9.17, 15) is 4.79 Å². The van der Waals surface area contributed by atoms with Crippen LogP contribution in [0.1, 0.15) is 46.4 Å². The molecule has 0 spiro atoms.